The molecule has 1 heterocycles. The molecule has 1 aliphatic rings. The Bertz CT molecular complexity index is 397. The second kappa shape index (κ2) is 6.61. The Morgan fingerprint density at radius 2 is 2.39 bits per heavy atom. The van der Waals surface area contributed by atoms with Crippen molar-refractivity contribution in [3.05, 3.63) is 34.1 Å². The Balaban J connectivity index is 1.96. The number of hydrogen-bond donors (Lipinski definition) is 2. The Hall–Kier alpha value is -0.490. The summed E-state index contributed by atoms with van der Waals surface area (Å²) in [6, 6.07) is 5.02. The quantitative estimate of drug-likeness (QED) is 0.876. The molecular weight excluding hydrogens is 299 g/mol. The Morgan fingerprint density at radius 3 is 3.00 bits per heavy atom. The molecule has 1 aromatic rings. The minimum Gasteiger partial charge on any atom is -0.377 e. The van der Waals surface area contributed by atoms with Crippen molar-refractivity contribution < 1.29 is 9.13 Å². The molecule has 0 aromatic heterocycles. The second-order valence-electron chi connectivity index (χ2n) is 4.51. The van der Waals surface area contributed by atoms with Gasteiger partial charge in [0, 0.05) is 25.7 Å². The maximum Gasteiger partial charge on any atom is 0.137 e. The molecule has 18 heavy (non-hydrogen) atoms. The van der Waals surface area contributed by atoms with E-state index in [0.717, 1.165) is 31.6 Å². The summed E-state index contributed by atoms with van der Waals surface area (Å²) in [5, 5.41) is 3.38. The molecule has 0 saturated carbocycles. The third-order valence-corrected chi connectivity index (χ3v) is 3.81. The van der Waals surface area contributed by atoms with E-state index in [-0.39, 0.29) is 18.0 Å². The van der Waals surface area contributed by atoms with Crippen molar-refractivity contribution in [1.29, 1.82) is 0 Å². The highest BCUT2D eigenvalue weighted by molar-refractivity contribution is 9.10. The Labute approximate surface area is 115 Å². The lowest BCUT2D eigenvalue weighted by Gasteiger charge is -2.20. The van der Waals surface area contributed by atoms with Gasteiger partial charge in [0.15, 0.2) is 0 Å². The molecular formula is C13H18BrFN2O. The third kappa shape index (κ3) is 3.51. The van der Waals surface area contributed by atoms with Crippen LogP contribution in [0.4, 0.5) is 4.39 Å². The van der Waals surface area contributed by atoms with E-state index in [9.17, 15) is 4.39 Å². The first-order valence-corrected chi connectivity index (χ1v) is 7.00. The predicted molar refractivity (Wildman–Crippen MR) is 72.9 cm³/mol. The van der Waals surface area contributed by atoms with Crippen LogP contribution in [0.15, 0.2) is 22.7 Å². The molecule has 0 radical (unpaired) electrons. The maximum atomic E-state index is 13.2. The van der Waals surface area contributed by atoms with E-state index >= 15 is 0 Å². The SMILES string of the molecule is NCC(NCC1CCCO1)c1ccc(F)c(Br)c1. The van der Waals surface area contributed by atoms with E-state index in [4.69, 9.17) is 10.5 Å². The summed E-state index contributed by atoms with van der Waals surface area (Å²) in [5.41, 5.74) is 6.75. The molecule has 0 aliphatic carbocycles. The normalized spacial score (nSPS) is 21.2. The van der Waals surface area contributed by atoms with Crippen molar-refractivity contribution in [2.45, 2.75) is 25.0 Å². The highest BCUT2D eigenvalue weighted by Crippen LogP contribution is 2.21. The van der Waals surface area contributed by atoms with Crippen LogP contribution in [0.25, 0.3) is 0 Å². The van der Waals surface area contributed by atoms with Gasteiger partial charge in [0.2, 0.25) is 0 Å². The van der Waals surface area contributed by atoms with E-state index in [1.807, 2.05) is 0 Å². The first kappa shape index (κ1) is 13.9. The van der Waals surface area contributed by atoms with Gasteiger partial charge in [-0.05, 0) is 46.5 Å². The fourth-order valence-electron chi connectivity index (χ4n) is 2.15. The van der Waals surface area contributed by atoms with Gasteiger partial charge in [0.05, 0.1) is 10.6 Å². The number of benzene rings is 1. The molecule has 3 N–H and O–H groups in total. The van der Waals surface area contributed by atoms with Crippen LogP contribution in [-0.2, 0) is 4.74 Å². The standard InChI is InChI=1S/C13H18BrFN2O/c14-11-6-9(3-4-12(11)15)13(7-16)17-8-10-2-1-5-18-10/h3-4,6,10,13,17H,1-2,5,7-8,16H2. The van der Waals surface area contributed by atoms with Gasteiger partial charge >= 0.3 is 0 Å². The average Bonchev–Trinajstić information content (AvgIpc) is 2.87. The van der Waals surface area contributed by atoms with Gasteiger partial charge in [-0.3, -0.25) is 0 Å². The van der Waals surface area contributed by atoms with Crippen LogP contribution >= 0.6 is 15.9 Å². The number of rotatable bonds is 5. The van der Waals surface area contributed by atoms with Crippen LogP contribution < -0.4 is 11.1 Å². The van der Waals surface area contributed by atoms with Crippen LogP contribution in [0.1, 0.15) is 24.4 Å². The molecule has 2 unspecified atom stereocenters. The molecule has 2 rings (SSSR count). The van der Waals surface area contributed by atoms with Crippen molar-refractivity contribution in [3.63, 3.8) is 0 Å². The molecule has 0 amide bonds. The van der Waals surface area contributed by atoms with E-state index in [2.05, 4.69) is 21.2 Å². The largest absolute Gasteiger partial charge is 0.377 e. The van der Waals surface area contributed by atoms with Gasteiger partial charge in [-0.2, -0.15) is 0 Å². The summed E-state index contributed by atoms with van der Waals surface area (Å²) < 4.78 is 19.2. The smallest absolute Gasteiger partial charge is 0.137 e. The summed E-state index contributed by atoms with van der Waals surface area (Å²) in [6.45, 7) is 2.11. The topological polar surface area (TPSA) is 47.3 Å². The van der Waals surface area contributed by atoms with Crippen LogP contribution in [0, 0.1) is 5.82 Å². The Morgan fingerprint density at radius 1 is 1.56 bits per heavy atom. The van der Waals surface area contributed by atoms with Crippen LogP contribution in [-0.4, -0.2) is 25.8 Å². The molecule has 2 atom stereocenters. The zero-order chi connectivity index (χ0) is 13.0. The zero-order valence-corrected chi connectivity index (χ0v) is 11.7. The van der Waals surface area contributed by atoms with E-state index < -0.39 is 0 Å². The van der Waals surface area contributed by atoms with Crippen molar-refractivity contribution in [1.82, 2.24) is 5.32 Å². The van der Waals surface area contributed by atoms with Crippen molar-refractivity contribution in [2.75, 3.05) is 19.7 Å². The van der Waals surface area contributed by atoms with Gasteiger partial charge in [-0.25, -0.2) is 4.39 Å². The first-order chi connectivity index (χ1) is 8.70. The van der Waals surface area contributed by atoms with Crippen LogP contribution in [0.3, 0.4) is 0 Å². The monoisotopic (exact) mass is 316 g/mol. The lowest BCUT2D eigenvalue weighted by molar-refractivity contribution is 0.107. The summed E-state index contributed by atoms with van der Waals surface area (Å²) >= 11 is 3.19. The minimum atomic E-state index is -0.256. The highest BCUT2D eigenvalue weighted by Gasteiger charge is 2.18. The summed E-state index contributed by atoms with van der Waals surface area (Å²) in [5.74, 6) is -0.256. The van der Waals surface area contributed by atoms with Gasteiger partial charge in [0.25, 0.3) is 0 Å². The molecule has 1 aromatic carbocycles. The lowest BCUT2D eigenvalue weighted by atomic mass is 10.1. The van der Waals surface area contributed by atoms with Crippen molar-refractivity contribution in [2.24, 2.45) is 5.73 Å². The van der Waals surface area contributed by atoms with Crippen molar-refractivity contribution >= 4 is 15.9 Å². The summed E-state index contributed by atoms with van der Waals surface area (Å²) in [4.78, 5) is 0. The number of ether oxygens (including phenoxy) is 1. The average molecular weight is 317 g/mol. The molecule has 3 nitrogen and oxygen atoms in total. The molecule has 0 spiro atoms. The molecule has 1 fully saturated rings. The van der Waals surface area contributed by atoms with Crippen LogP contribution in [0.5, 0.6) is 0 Å². The van der Waals surface area contributed by atoms with Gasteiger partial charge in [-0.1, -0.05) is 6.07 Å². The number of halogens is 2. The summed E-state index contributed by atoms with van der Waals surface area (Å²) in [6.07, 6.45) is 2.50. The van der Waals surface area contributed by atoms with E-state index in [1.165, 1.54) is 6.07 Å². The third-order valence-electron chi connectivity index (χ3n) is 3.20. The number of nitrogens with one attached hydrogen (secondary N) is 1. The van der Waals surface area contributed by atoms with E-state index in [0.29, 0.717) is 11.0 Å². The number of hydrogen-bond acceptors (Lipinski definition) is 3. The van der Waals surface area contributed by atoms with Gasteiger partial charge in [-0.15, -0.1) is 0 Å². The first-order valence-electron chi connectivity index (χ1n) is 6.20. The van der Waals surface area contributed by atoms with Crippen LogP contribution in [0.2, 0.25) is 0 Å². The van der Waals surface area contributed by atoms with Gasteiger partial charge < -0.3 is 15.8 Å². The van der Waals surface area contributed by atoms with E-state index in [1.54, 1.807) is 12.1 Å². The second-order valence-corrected chi connectivity index (χ2v) is 5.36. The number of nitrogens with two attached hydrogens (primary N) is 1. The highest BCUT2D eigenvalue weighted by atomic mass is 79.9. The lowest BCUT2D eigenvalue weighted by Crippen LogP contribution is -2.34. The molecule has 1 saturated heterocycles. The zero-order valence-electron chi connectivity index (χ0n) is 10.2. The Kier molecular flexibility index (Phi) is 5.12. The summed E-state index contributed by atoms with van der Waals surface area (Å²) in [7, 11) is 0. The molecule has 1 aliphatic heterocycles. The van der Waals surface area contributed by atoms with Gasteiger partial charge in [0.1, 0.15) is 5.82 Å². The fourth-order valence-corrected chi connectivity index (χ4v) is 2.54. The minimum absolute atomic E-state index is 0.0334. The molecule has 100 valence electrons. The van der Waals surface area contributed by atoms with Crippen molar-refractivity contribution in [3.8, 4) is 0 Å². The molecule has 0 bridgehead atoms. The fraction of sp³-hybridized carbons (Fsp3) is 0.538. The maximum absolute atomic E-state index is 13.2. The molecule has 5 heteroatoms. The predicted octanol–water partition coefficient (Wildman–Crippen LogP) is 2.36.